The molecule has 8 heteroatoms. The first-order valence-corrected chi connectivity index (χ1v) is 9.86. The lowest BCUT2D eigenvalue weighted by atomic mass is 10.1. The van der Waals surface area contributed by atoms with Crippen LogP contribution in [0.5, 0.6) is 0 Å². The Bertz CT molecular complexity index is 1180. The molecule has 4 aromatic rings. The van der Waals surface area contributed by atoms with Crippen LogP contribution >= 0.6 is 22.9 Å². The summed E-state index contributed by atoms with van der Waals surface area (Å²) in [5, 5.41) is 9.02. The number of rotatable bonds is 4. The third kappa shape index (κ3) is 3.50. The molecule has 0 aliphatic heterocycles. The number of carbonyl (C=O) groups is 1. The monoisotopic (exact) mass is 412 g/mol. The minimum atomic E-state index is -0.206. The zero-order valence-electron chi connectivity index (χ0n) is 15.5. The van der Waals surface area contributed by atoms with Crippen molar-refractivity contribution in [1.29, 1.82) is 0 Å². The highest BCUT2D eigenvalue weighted by Crippen LogP contribution is 2.28. The lowest BCUT2D eigenvalue weighted by molar-refractivity contribution is 0.0952. The molecule has 4 rings (SSSR count). The minimum absolute atomic E-state index is 0.206. The van der Waals surface area contributed by atoms with Crippen LogP contribution in [0.2, 0.25) is 5.02 Å². The summed E-state index contributed by atoms with van der Waals surface area (Å²) in [5.41, 5.74) is 4.13. The molecule has 0 unspecified atom stereocenters. The van der Waals surface area contributed by atoms with Crippen molar-refractivity contribution in [2.24, 2.45) is 0 Å². The Balaban J connectivity index is 1.56. The molecule has 1 amide bonds. The van der Waals surface area contributed by atoms with Gasteiger partial charge in [-0.15, -0.1) is 11.3 Å². The fourth-order valence-electron chi connectivity index (χ4n) is 3.05. The van der Waals surface area contributed by atoms with Crippen molar-refractivity contribution < 1.29 is 9.32 Å². The maximum absolute atomic E-state index is 12.8. The zero-order chi connectivity index (χ0) is 19.8. The molecule has 1 N–H and O–H groups in total. The number of hydrogen-bond donors (Lipinski definition) is 1. The number of amides is 1. The van der Waals surface area contributed by atoms with E-state index < -0.39 is 0 Å². The zero-order valence-corrected chi connectivity index (χ0v) is 17.1. The van der Waals surface area contributed by atoms with Gasteiger partial charge in [-0.3, -0.25) is 4.79 Å². The Hall–Kier alpha value is -2.77. The normalized spacial score (nSPS) is 11.1. The van der Waals surface area contributed by atoms with Crippen molar-refractivity contribution in [3.8, 4) is 11.3 Å². The maximum Gasteiger partial charge on any atom is 0.258 e. The molecular formula is C20H17ClN4O2S. The second kappa shape index (κ2) is 7.33. The first-order chi connectivity index (χ1) is 13.4. The van der Waals surface area contributed by atoms with Gasteiger partial charge in [0.25, 0.3) is 11.6 Å². The van der Waals surface area contributed by atoms with Gasteiger partial charge < -0.3 is 9.84 Å². The highest BCUT2D eigenvalue weighted by atomic mass is 35.5. The lowest BCUT2D eigenvalue weighted by Gasteiger charge is -2.05. The van der Waals surface area contributed by atoms with Crippen LogP contribution in [-0.2, 0) is 6.54 Å². The molecule has 0 saturated heterocycles. The molecule has 0 atom stereocenters. The number of aryl methyl sites for hydroxylation is 3. The number of hydrogen-bond acceptors (Lipinski definition) is 6. The highest BCUT2D eigenvalue weighted by molar-refractivity contribution is 7.12. The van der Waals surface area contributed by atoms with Crippen LogP contribution in [0.1, 0.15) is 31.6 Å². The van der Waals surface area contributed by atoms with E-state index in [1.165, 1.54) is 0 Å². The van der Waals surface area contributed by atoms with Gasteiger partial charge in [0, 0.05) is 21.2 Å². The number of aromatic nitrogens is 3. The number of benzene rings is 1. The van der Waals surface area contributed by atoms with Gasteiger partial charge in [-0.25, -0.2) is 9.97 Å². The molecule has 6 nitrogen and oxygen atoms in total. The Morgan fingerprint density at radius 1 is 1.18 bits per heavy atom. The first-order valence-electron chi connectivity index (χ1n) is 8.66. The van der Waals surface area contributed by atoms with Crippen molar-refractivity contribution in [2.75, 3.05) is 0 Å². The van der Waals surface area contributed by atoms with Crippen LogP contribution in [0.15, 0.2) is 34.9 Å². The van der Waals surface area contributed by atoms with Crippen LogP contribution in [0.4, 0.5) is 0 Å². The van der Waals surface area contributed by atoms with E-state index in [0.29, 0.717) is 39.6 Å². The molecule has 28 heavy (non-hydrogen) atoms. The summed E-state index contributed by atoms with van der Waals surface area (Å²) < 4.78 is 5.20. The number of thiazole rings is 1. The van der Waals surface area contributed by atoms with Gasteiger partial charge in [-0.1, -0.05) is 28.9 Å². The summed E-state index contributed by atoms with van der Waals surface area (Å²) in [4.78, 5) is 22.8. The largest absolute Gasteiger partial charge is 0.345 e. The molecule has 0 aliphatic rings. The van der Waals surface area contributed by atoms with E-state index in [9.17, 15) is 4.79 Å². The number of halogens is 1. The Morgan fingerprint density at radius 3 is 2.68 bits per heavy atom. The predicted molar refractivity (Wildman–Crippen MR) is 110 cm³/mol. The Labute approximate surface area is 170 Å². The number of pyridine rings is 1. The number of nitrogens with zero attached hydrogens (tertiary/aromatic N) is 3. The number of nitrogens with one attached hydrogen (secondary N) is 1. The lowest BCUT2D eigenvalue weighted by Crippen LogP contribution is -2.23. The van der Waals surface area contributed by atoms with Crippen LogP contribution in [0.3, 0.4) is 0 Å². The van der Waals surface area contributed by atoms with Gasteiger partial charge in [0.05, 0.1) is 28.9 Å². The van der Waals surface area contributed by atoms with Gasteiger partial charge in [0.15, 0.2) is 0 Å². The summed E-state index contributed by atoms with van der Waals surface area (Å²) in [5.74, 6) is -0.206. The first kappa shape index (κ1) is 18.6. The fraction of sp³-hybridized carbons (Fsp3) is 0.200. The van der Waals surface area contributed by atoms with Gasteiger partial charge in [-0.2, -0.15) is 0 Å². The van der Waals surface area contributed by atoms with Crippen molar-refractivity contribution in [3.63, 3.8) is 0 Å². The molecule has 3 aromatic heterocycles. The summed E-state index contributed by atoms with van der Waals surface area (Å²) >= 11 is 7.52. The van der Waals surface area contributed by atoms with Crippen LogP contribution in [0, 0.1) is 20.8 Å². The molecule has 0 saturated carbocycles. The van der Waals surface area contributed by atoms with E-state index in [1.54, 1.807) is 24.3 Å². The molecular weight excluding hydrogens is 396 g/mol. The van der Waals surface area contributed by atoms with Gasteiger partial charge in [0.1, 0.15) is 5.01 Å². The second-order valence-electron chi connectivity index (χ2n) is 6.46. The molecule has 0 bridgehead atoms. The molecule has 3 heterocycles. The third-order valence-electron chi connectivity index (χ3n) is 4.35. The molecule has 142 valence electrons. The summed E-state index contributed by atoms with van der Waals surface area (Å²) in [6.45, 7) is 5.97. The molecule has 1 aromatic carbocycles. The van der Waals surface area contributed by atoms with Crippen molar-refractivity contribution in [1.82, 2.24) is 20.4 Å². The molecule has 0 fully saturated rings. The molecule has 0 spiro atoms. The Kier molecular flexibility index (Phi) is 4.87. The number of carbonyl (C=O) groups excluding carboxylic acids is 1. The van der Waals surface area contributed by atoms with Crippen molar-refractivity contribution in [2.45, 2.75) is 27.3 Å². The van der Waals surface area contributed by atoms with Gasteiger partial charge in [-0.05, 0) is 39.0 Å². The molecule has 0 aliphatic carbocycles. The van der Waals surface area contributed by atoms with Crippen LogP contribution in [0.25, 0.3) is 22.4 Å². The van der Waals surface area contributed by atoms with E-state index >= 15 is 0 Å². The number of fused-ring (bicyclic) bond motifs is 1. The van der Waals surface area contributed by atoms with E-state index in [1.807, 2.05) is 38.1 Å². The van der Waals surface area contributed by atoms with Crippen molar-refractivity contribution >= 4 is 39.9 Å². The smallest absolute Gasteiger partial charge is 0.258 e. The third-order valence-corrected chi connectivity index (χ3v) is 5.57. The summed E-state index contributed by atoms with van der Waals surface area (Å²) in [7, 11) is 0. The average Bonchev–Trinajstić information content (AvgIpc) is 3.22. The predicted octanol–water partition coefficient (Wildman–Crippen LogP) is 4.85. The van der Waals surface area contributed by atoms with Gasteiger partial charge >= 0.3 is 0 Å². The standard InChI is InChI=1S/C20H17ClN4O2S/c1-10-8-15(17-11(2)25-27-20(17)23-10)19(26)22-9-16-24-18(12(3)28-16)13-4-6-14(21)7-5-13/h4-8H,9H2,1-3H3,(H,22,26). The summed E-state index contributed by atoms with van der Waals surface area (Å²) in [6, 6.07) is 9.31. The van der Waals surface area contributed by atoms with E-state index in [-0.39, 0.29) is 5.91 Å². The minimum Gasteiger partial charge on any atom is -0.345 e. The quantitative estimate of drug-likeness (QED) is 0.518. The van der Waals surface area contributed by atoms with Crippen LogP contribution in [-0.4, -0.2) is 21.0 Å². The Morgan fingerprint density at radius 2 is 1.93 bits per heavy atom. The van der Waals surface area contributed by atoms with Gasteiger partial charge in [0.2, 0.25) is 0 Å². The van der Waals surface area contributed by atoms with E-state index in [4.69, 9.17) is 16.1 Å². The molecule has 0 radical (unpaired) electrons. The van der Waals surface area contributed by atoms with E-state index in [0.717, 1.165) is 21.1 Å². The maximum atomic E-state index is 12.8. The SMILES string of the molecule is Cc1cc(C(=O)NCc2nc(-c3ccc(Cl)cc3)c(C)s2)c2c(C)noc2n1. The highest BCUT2D eigenvalue weighted by Gasteiger charge is 2.18. The topological polar surface area (TPSA) is 80.9 Å². The fourth-order valence-corrected chi connectivity index (χ4v) is 4.07. The van der Waals surface area contributed by atoms with Crippen molar-refractivity contribution in [3.05, 3.63) is 62.2 Å². The van der Waals surface area contributed by atoms with Crippen LogP contribution < -0.4 is 5.32 Å². The summed E-state index contributed by atoms with van der Waals surface area (Å²) in [6.07, 6.45) is 0. The average molecular weight is 413 g/mol. The second-order valence-corrected chi connectivity index (χ2v) is 8.19. The van der Waals surface area contributed by atoms with E-state index in [2.05, 4.69) is 20.4 Å².